The van der Waals surface area contributed by atoms with Gasteiger partial charge in [0.1, 0.15) is 0 Å². The molecule has 1 aliphatic heterocycles. The van der Waals surface area contributed by atoms with Crippen LogP contribution in [0.15, 0.2) is 18.2 Å². The van der Waals surface area contributed by atoms with Crippen molar-refractivity contribution in [3.8, 4) is 0 Å². The highest BCUT2D eigenvalue weighted by Crippen LogP contribution is 2.31. The number of carboxylic acids is 1. The zero-order valence-corrected chi connectivity index (χ0v) is 12.4. The van der Waals surface area contributed by atoms with Crippen LogP contribution < -0.4 is 0 Å². The third kappa shape index (κ3) is 3.51. The Bertz CT molecular complexity index is 564. The third-order valence-electron chi connectivity index (χ3n) is 4.02. The van der Waals surface area contributed by atoms with Crippen molar-refractivity contribution in [2.75, 3.05) is 6.54 Å². The van der Waals surface area contributed by atoms with Gasteiger partial charge >= 0.3 is 5.97 Å². The van der Waals surface area contributed by atoms with Crippen LogP contribution in [0.3, 0.4) is 0 Å². The predicted octanol–water partition coefficient (Wildman–Crippen LogP) is 2.93. The number of halogens is 1. The van der Waals surface area contributed by atoms with E-state index in [4.69, 9.17) is 16.7 Å². The molecule has 6 nitrogen and oxygen atoms in total. The summed E-state index contributed by atoms with van der Waals surface area (Å²) in [4.78, 5) is 23.7. The molecule has 0 amide bonds. The second-order valence-electron chi connectivity index (χ2n) is 5.37. The highest BCUT2D eigenvalue weighted by atomic mass is 35.5. The van der Waals surface area contributed by atoms with Gasteiger partial charge < -0.3 is 5.11 Å². The van der Waals surface area contributed by atoms with E-state index in [2.05, 4.69) is 0 Å². The average Bonchev–Trinajstić information content (AvgIpc) is 2.42. The Balaban J connectivity index is 2.16. The Morgan fingerprint density at radius 2 is 2.29 bits per heavy atom. The van der Waals surface area contributed by atoms with Gasteiger partial charge in [-0.3, -0.25) is 19.8 Å². The Morgan fingerprint density at radius 3 is 2.86 bits per heavy atom. The minimum atomic E-state index is -0.773. The number of hydrogen-bond donors (Lipinski definition) is 1. The van der Waals surface area contributed by atoms with Crippen molar-refractivity contribution in [1.82, 2.24) is 4.90 Å². The number of hydrogen-bond acceptors (Lipinski definition) is 4. The summed E-state index contributed by atoms with van der Waals surface area (Å²) < 4.78 is 0. The molecule has 1 heterocycles. The number of nitro groups is 1. The maximum absolute atomic E-state index is 11.1. The van der Waals surface area contributed by atoms with Crippen LogP contribution in [0.2, 0.25) is 5.02 Å². The average molecular weight is 313 g/mol. The summed E-state index contributed by atoms with van der Waals surface area (Å²) in [7, 11) is 0. The van der Waals surface area contributed by atoms with Crippen LogP contribution in [0, 0.1) is 16.0 Å². The molecule has 1 aliphatic rings. The van der Waals surface area contributed by atoms with Crippen LogP contribution in [0.25, 0.3) is 0 Å². The monoisotopic (exact) mass is 312 g/mol. The first kappa shape index (κ1) is 15.7. The second kappa shape index (κ2) is 6.41. The number of rotatable bonds is 4. The van der Waals surface area contributed by atoms with Gasteiger partial charge in [-0.05, 0) is 32.4 Å². The van der Waals surface area contributed by atoms with Crippen molar-refractivity contribution in [3.63, 3.8) is 0 Å². The molecule has 0 bridgehead atoms. The van der Waals surface area contributed by atoms with Gasteiger partial charge in [-0.15, -0.1) is 0 Å². The van der Waals surface area contributed by atoms with E-state index in [1.54, 1.807) is 12.1 Å². The van der Waals surface area contributed by atoms with E-state index in [1.165, 1.54) is 6.07 Å². The number of aliphatic carboxylic acids is 1. The first-order chi connectivity index (χ1) is 9.90. The number of piperidine rings is 1. The lowest BCUT2D eigenvalue weighted by atomic mass is 9.91. The van der Waals surface area contributed by atoms with Crippen molar-refractivity contribution in [2.24, 2.45) is 5.92 Å². The van der Waals surface area contributed by atoms with Crippen LogP contribution in [0.1, 0.15) is 25.3 Å². The van der Waals surface area contributed by atoms with Gasteiger partial charge in [0.15, 0.2) is 0 Å². The molecule has 0 saturated carbocycles. The van der Waals surface area contributed by atoms with Crippen LogP contribution in [0.4, 0.5) is 5.69 Å². The Kier molecular flexibility index (Phi) is 4.80. The quantitative estimate of drug-likeness (QED) is 0.682. The highest BCUT2D eigenvalue weighted by molar-refractivity contribution is 6.31. The topological polar surface area (TPSA) is 83.7 Å². The molecule has 114 valence electrons. The first-order valence-corrected chi connectivity index (χ1v) is 7.16. The summed E-state index contributed by atoms with van der Waals surface area (Å²) in [6.07, 6.45) is 1.10. The normalized spacial score (nSPS) is 23.0. The molecule has 1 aromatic rings. The molecule has 2 rings (SSSR count). The standard InChI is InChI=1S/C14H17ClN2O4/c1-9-7-10(14(18)19)5-6-16(9)8-11-12(15)3-2-4-13(11)17(20)21/h2-4,9-10H,5-8H2,1H3,(H,18,19). The van der Waals surface area contributed by atoms with E-state index in [1.807, 2.05) is 11.8 Å². The zero-order chi connectivity index (χ0) is 15.6. The Morgan fingerprint density at radius 1 is 1.57 bits per heavy atom. The minimum Gasteiger partial charge on any atom is -0.481 e. The molecule has 7 heteroatoms. The van der Waals surface area contributed by atoms with Gasteiger partial charge in [0.05, 0.1) is 21.4 Å². The van der Waals surface area contributed by atoms with E-state index in [0.717, 1.165) is 0 Å². The molecular formula is C14H17ClN2O4. The molecule has 1 aromatic carbocycles. The van der Waals surface area contributed by atoms with E-state index in [-0.39, 0.29) is 17.6 Å². The summed E-state index contributed by atoms with van der Waals surface area (Å²) in [6.45, 7) is 2.90. The Labute approximate surface area is 127 Å². The van der Waals surface area contributed by atoms with Crippen LogP contribution in [-0.4, -0.2) is 33.5 Å². The van der Waals surface area contributed by atoms with Crippen molar-refractivity contribution in [2.45, 2.75) is 32.4 Å². The van der Waals surface area contributed by atoms with Gasteiger partial charge in [0.25, 0.3) is 5.69 Å². The van der Waals surface area contributed by atoms with E-state index in [0.29, 0.717) is 36.5 Å². The van der Waals surface area contributed by atoms with Crippen LogP contribution in [0.5, 0.6) is 0 Å². The third-order valence-corrected chi connectivity index (χ3v) is 4.37. The summed E-state index contributed by atoms with van der Waals surface area (Å²) in [5, 5.41) is 20.5. The summed E-state index contributed by atoms with van der Waals surface area (Å²) in [5.41, 5.74) is 0.500. The van der Waals surface area contributed by atoms with E-state index < -0.39 is 10.9 Å². The molecule has 0 aromatic heterocycles. The molecule has 0 spiro atoms. The fraction of sp³-hybridized carbons (Fsp3) is 0.500. The minimum absolute atomic E-state index is 0.00931. The fourth-order valence-corrected chi connectivity index (χ4v) is 2.99. The first-order valence-electron chi connectivity index (χ1n) is 6.78. The van der Waals surface area contributed by atoms with Gasteiger partial charge in [0, 0.05) is 18.7 Å². The molecular weight excluding hydrogens is 296 g/mol. The van der Waals surface area contributed by atoms with Gasteiger partial charge in [-0.1, -0.05) is 17.7 Å². The highest BCUT2D eigenvalue weighted by Gasteiger charge is 2.31. The lowest BCUT2D eigenvalue weighted by molar-refractivity contribution is -0.385. The maximum Gasteiger partial charge on any atom is 0.306 e. The molecule has 0 radical (unpaired) electrons. The Hall–Kier alpha value is -1.66. The molecule has 0 aliphatic carbocycles. The lowest BCUT2D eigenvalue weighted by Crippen LogP contribution is -2.42. The number of carboxylic acid groups (broad SMARTS) is 1. The summed E-state index contributed by atoms with van der Waals surface area (Å²) >= 11 is 6.09. The lowest BCUT2D eigenvalue weighted by Gasteiger charge is -2.36. The number of likely N-dealkylation sites (tertiary alicyclic amines) is 1. The van der Waals surface area contributed by atoms with Crippen molar-refractivity contribution >= 4 is 23.3 Å². The summed E-state index contributed by atoms with van der Waals surface area (Å²) in [5.74, 6) is -1.11. The number of nitro benzene ring substituents is 1. The van der Waals surface area contributed by atoms with Crippen molar-refractivity contribution in [1.29, 1.82) is 0 Å². The molecule has 1 saturated heterocycles. The maximum atomic E-state index is 11.1. The summed E-state index contributed by atoms with van der Waals surface area (Å²) in [6, 6.07) is 4.69. The van der Waals surface area contributed by atoms with Crippen molar-refractivity contribution < 1.29 is 14.8 Å². The molecule has 1 fully saturated rings. The van der Waals surface area contributed by atoms with Crippen LogP contribution >= 0.6 is 11.6 Å². The number of benzene rings is 1. The predicted molar refractivity (Wildman–Crippen MR) is 78.3 cm³/mol. The smallest absolute Gasteiger partial charge is 0.306 e. The van der Waals surface area contributed by atoms with Crippen molar-refractivity contribution in [3.05, 3.63) is 38.9 Å². The second-order valence-corrected chi connectivity index (χ2v) is 5.78. The molecule has 21 heavy (non-hydrogen) atoms. The fourth-order valence-electron chi connectivity index (χ4n) is 2.76. The largest absolute Gasteiger partial charge is 0.481 e. The van der Waals surface area contributed by atoms with Gasteiger partial charge in [-0.25, -0.2) is 0 Å². The molecule has 2 unspecified atom stereocenters. The number of carbonyl (C=O) groups is 1. The SMILES string of the molecule is CC1CC(C(=O)O)CCN1Cc1c(Cl)cccc1[N+](=O)[O-]. The zero-order valence-electron chi connectivity index (χ0n) is 11.7. The van der Waals surface area contributed by atoms with E-state index >= 15 is 0 Å². The molecule has 1 N–H and O–H groups in total. The van der Waals surface area contributed by atoms with E-state index in [9.17, 15) is 14.9 Å². The molecule has 2 atom stereocenters. The number of nitrogens with zero attached hydrogens (tertiary/aromatic N) is 2. The van der Waals surface area contributed by atoms with Gasteiger partial charge in [0.2, 0.25) is 0 Å². The van der Waals surface area contributed by atoms with Gasteiger partial charge in [-0.2, -0.15) is 0 Å². The van der Waals surface area contributed by atoms with Crippen LogP contribution in [-0.2, 0) is 11.3 Å².